The van der Waals surface area contributed by atoms with Gasteiger partial charge in [0.25, 0.3) is 0 Å². The summed E-state index contributed by atoms with van der Waals surface area (Å²) in [6.45, 7) is 2.56. The van der Waals surface area contributed by atoms with E-state index in [4.69, 9.17) is 11.6 Å². The zero-order valence-electron chi connectivity index (χ0n) is 11.9. The molecule has 0 spiro atoms. The summed E-state index contributed by atoms with van der Waals surface area (Å²) < 4.78 is 0. The van der Waals surface area contributed by atoms with Crippen LogP contribution in [0.25, 0.3) is 0 Å². The number of hydrogen-bond acceptors (Lipinski definition) is 2. The molecular formula is C17H18ClNOS. The van der Waals surface area contributed by atoms with Crippen LogP contribution in [0.5, 0.6) is 0 Å². The van der Waals surface area contributed by atoms with Crippen molar-refractivity contribution in [2.75, 3.05) is 6.54 Å². The van der Waals surface area contributed by atoms with Gasteiger partial charge < -0.3 is 5.32 Å². The Kier molecular flexibility index (Phi) is 6.15. The lowest BCUT2D eigenvalue weighted by molar-refractivity contribution is -0.120. The van der Waals surface area contributed by atoms with Gasteiger partial charge in [-0.15, -0.1) is 11.8 Å². The van der Waals surface area contributed by atoms with Gasteiger partial charge in [0.2, 0.25) is 5.91 Å². The summed E-state index contributed by atoms with van der Waals surface area (Å²) in [6, 6.07) is 17.7. The fourth-order valence-electron chi connectivity index (χ4n) is 1.88. The molecule has 0 heterocycles. The number of hydrogen-bond donors (Lipinski definition) is 1. The third kappa shape index (κ3) is 5.44. The normalized spacial score (nSPS) is 11.9. The molecule has 1 atom stereocenters. The molecule has 2 nitrogen and oxygen atoms in total. The van der Waals surface area contributed by atoms with Crippen LogP contribution in [0.3, 0.4) is 0 Å². The maximum atomic E-state index is 12.0. The fourth-order valence-corrected chi connectivity index (χ4v) is 2.92. The zero-order chi connectivity index (χ0) is 15.1. The van der Waals surface area contributed by atoms with Crippen molar-refractivity contribution < 1.29 is 4.79 Å². The molecule has 2 rings (SSSR count). The maximum Gasteiger partial charge on any atom is 0.233 e. The summed E-state index contributed by atoms with van der Waals surface area (Å²) >= 11 is 7.41. The second kappa shape index (κ2) is 8.11. The van der Waals surface area contributed by atoms with Gasteiger partial charge in [0.1, 0.15) is 0 Å². The van der Waals surface area contributed by atoms with Gasteiger partial charge in [-0.25, -0.2) is 0 Å². The number of nitrogens with one attached hydrogen (secondary N) is 1. The molecule has 0 aromatic heterocycles. The van der Waals surface area contributed by atoms with Crippen LogP contribution >= 0.6 is 23.4 Å². The average Bonchev–Trinajstić information content (AvgIpc) is 2.50. The van der Waals surface area contributed by atoms with Crippen LogP contribution in [-0.4, -0.2) is 17.7 Å². The van der Waals surface area contributed by atoms with Crippen LogP contribution in [0, 0.1) is 0 Å². The summed E-state index contributed by atoms with van der Waals surface area (Å²) in [6.07, 6.45) is 0.811. The molecule has 2 aromatic rings. The molecule has 4 heteroatoms. The largest absolute Gasteiger partial charge is 0.355 e. The molecular weight excluding hydrogens is 302 g/mol. The first-order chi connectivity index (χ1) is 10.1. The lowest BCUT2D eigenvalue weighted by Gasteiger charge is -2.12. The van der Waals surface area contributed by atoms with Gasteiger partial charge in [0, 0.05) is 16.5 Å². The highest BCUT2D eigenvalue weighted by Gasteiger charge is 2.13. The highest BCUT2D eigenvalue weighted by molar-refractivity contribution is 8.00. The van der Waals surface area contributed by atoms with E-state index in [0.717, 1.165) is 16.3 Å². The Labute approximate surface area is 134 Å². The van der Waals surface area contributed by atoms with Crippen molar-refractivity contribution in [2.45, 2.75) is 23.5 Å². The standard InChI is InChI=1S/C17H18ClNOS/c1-13(21-16-5-3-2-4-6-16)17(20)19-12-11-14-7-9-15(18)10-8-14/h2-10,13H,11-12H2,1H3,(H,19,20)/t13-/m0/s1. The Morgan fingerprint density at radius 1 is 1.14 bits per heavy atom. The van der Waals surface area contributed by atoms with E-state index in [0.29, 0.717) is 6.54 Å². The van der Waals surface area contributed by atoms with E-state index in [1.807, 2.05) is 61.5 Å². The topological polar surface area (TPSA) is 29.1 Å². The number of carbonyl (C=O) groups excluding carboxylic acids is 1. The predicted octanol–water partition coefficient (Wildman–Crippen LogP) is 4.18. The quantitative estimate of drug-likeness (QED) is 0.809. The number of benzene rings is 2. The second-order valence-electron chi connectivity index (χ2n) is 4.74. The van der Waals surface area contributed by atoms with Crippen molar-refractivity contribution in [3.8, 4) is 0 Å². The van der Waals surface area contributed by atoms with Crippen LogP contribution in [0.15, 0.2) is 59.5 Å². The van der Waals surface area contributed by atoms with E-state index in [9.17, 15) is 4.79 Å². The summed E-state index contributed by atoms with van der Waals surface area (Å²) in [5, 5.41) is 3.61. The summed E-state index contributed by atoms with van der Waals surface area (Å²) in [5.74, 6) is 0.0674. The lowest BCUT2D eigenvalue weighted by atomic mass is 10.1. The number of halogens is 1. The van der Waals surface area contributed by atoms with E-state index in [1.54, 1.807) is 11.8 Å². The summed E-state index contributed by atoms with van der Waals surface area (Å²) in [4.78, 5) is 13.1. The molecule has 0 bridgehead atoms. The van der Waals surface area contributed by atoms with Crippen molar-refractivity contribution in [3.05, 3.63) is 65.2 Å². The Morgan fingerprint density at radius 2 is 1.81 bits per heavy atom. The zero-order valence-corrected chi connectivity index (χ0v) is 13.5. The van der Waals surface area contributed by atoms with Crippen molar-refractivity contribution in [1.82, 2.24) is 5.32 Å². The third-order valence-corrected chi connectivity index (χ3v) is 4.42. The Bertz CT molecular complexity index is 571. The van der Waals surface area contributed by atoms with Crippen LogP contribution in [0.1, 0.15) is 12.5 Å². The summed E-state index contributed by atoms with van der Waals surface area (Å²) in [7, 11) is 0. The molecule has 0 aliphatic rings. The molecule has 0 aliphatic heterocycles. The Balaban J connectivity index is 1.75. The van der Waals surface area contributed by atoms with Gasteiger partial charge in [-0.2, -0.15) is 0 Å². The molecule has 0 unspecified atom stereocenters. The predicted molar refractivity (Wildman–Crippen MR) is 89.9 cm³/mol. The molecule has 0 aliphatic carbocycles. The molecule has 0 radical (unpaired) electrons. The minimum Gasteiger partial charge on any atom is -0.355 e. The highest BCUT2D eigenvalue weighted by atomic mass is 35.5. The first kappa shape index (κ1) is 15.9. The van der Waals surface area contributed by atoms with Crippen LogP contribution in [0.4, 0.5) is 0 Å². The van der Waals surface area contributed by atoms with Gasteiger partial charge >= 0.3 is 0 Å². The minimum absolute atomic E-state index is 0.0674. The van der Waals surface area contributed by atoms with E-state index < -0.39 is 0 Å². The number of carbonyl (C=O) groups is 1. The number of thioether (sulfide) groups is 1. The maximum absolute atomic E-state index is 12.0. The van der Waals surface area contributed by atoms with Gasteiger partial charge in [-0.3, -0.25) is 4.79 Å². The van der Waals surface area contributed by atoms with E-state index in [-0.39, 0.29) is 11.2 Å². The van der Waals surface area contributed by atoms with Gasteiger partial charge in [0.15, 0.2) is 0 Å². The molecule has 21 heavy (non-hydrogen) atoms. The minimum atomic E-state index is -0.0994. The third-order valence-electron chi connectivity index (χ3n) is 3.05. The van der Waals surface area contributed by atoms with E-state index >= 15 is 0 Å². The van der Waals surface area contributed by atoms with Crippen LogP contribution in [-0.2, 0) is 11.2 Å². The number of rotatable bonds is 6. The highest BCUT2D eigenvalue weighted by Crippen LogP contribution is 2.22. The first-order valence-corrected chi connectivity index (χ1v) is 8.15. The van der Waals surface area contributed by atoms with Crippen molar-refractivity contribution >= 4 is 29.3 Å². The van der Waals surface area contributed by atoms with Crippen LogP contribution in [0.2, 0.25) is 5.02 Å². The van der Waals surface area contributed by atoms with E-state index in [1.165, 1.54) is 5.56 Å². The summed E-state index contributed by atoms with van der Waals surface area (Å²) in [5.41, 5.74) is 1.17. The smallest absolute Gasteiger partial charge is 0.233 e. The molecule has 0 saturated carbocycles. The second-order valence-corrected chi connectivity index (χ2v) is 6.59. The number of amides is 1. The Morgan fingerprint density at radius 3 is 2.48 bits per heavy atom. The molecule has 1 N–H and O–H groups in total. The molecule has 0 fully saturated rings. The van der Waals surface area contributed by atoms with Gasteiger partial charge in [-0.05, 0) is 43.2 Å². The first-order valence-electron chi connectivity index (χ1n) is 6.89. The van der Waals surface area contributed by atoms with Crippen molar-refractivity contribution in [1.29, 1.82) is 0 Å². The van der Waals surface area contributed by atoms with E-state index in [2.05, 4.69) is 5.32 Å². The molecule has 110 valence electrons. The fraction of sp³-hybridized carbons (Fsp3) is 0.235. The van der Waals surface area contributed by atoms with Crippen molar-refractivity contribution in [3.63, 3.8) is 0 Å². The Hall–Kier alpha value is -1.45. The van der Waals surface area contributed by atoms with Gasteiger partial charge in [0.05, 0.1) is 5.25 Å². The van der Waals surface area contributed by atoms with Crippen molar-refractivity contribution in [2.24, 2.45) is 0 Å². The lowest BCUT2D eigenvalue weighted by Crippen LogP contribution is -2.32. The van der Waals surface area contributed by atoms with Crippen LogP contribution < -0.4 is 5.32 Å². The molecule has 1 amide bonds. The monoisotopic (exact) mass is 319 g/mol. The van der Waals surface area contributed by atoms with Gasteiger partial charge in [-0.1, -0.05) is 41.9 Å². The SMILES string of the molecule is C[C@H](Sc1ccccc1)C(=O)NCCc1ccc(Cl)cc1. The molecule has 0 saturated heterocycles. The average molecular weight is 320 g/mol. The molecule has 2 aromatic carbocycles.